The number of halogens is 5. The number of nitrogen functional groups attached to an aromatic ring is 1. The Bertz CT molecular complexity index is 488. The van der Waals surface area contributed by atoms with E-state index < -0.39 is 47.5 Å². The van der Waals surface area contributed by atoms with Crippen molar-refractivity contribution >= 4 is 11.7 Å². The van der Waals surface area contributed by atoms with Gasteiger partial charge in [0.05, 0.1) is 42.2 Å². The third kappa shape index (κ3) is 3.30. The molecule has 4 nitrogen and oxygen atoms in total. The van der Waals surface area contributed by atoms with Crippen LogP contribution in [0.4, 0.5) is 27.6 Å². The lowest BCUT2D eigenvalue weighted by Gasteiger charge is -2.17. The zero-order chi connectivity index (χ0) is 14.8. The fraction of sp³-hybridized carbons (Fsp3) is 0.400. The lowest BCUT2D eigenvalue weighted by atomic mass is 10.0. The summed E-state index contributed by atoms with van der Waals surface area (Å²) in [6, 6.07) is 0. The van der Waals surface area contributed by atoms with Crippen LogP contribution in [0, 0.1) is 0 Å². The fourth-order valence-electron chi connectivity index (χ4n) is 1.48. The van der Waals surface area contributed by atoms with E-state index >= 15 is 0 Å². The number of rotatable bonds is 3. The second-order valence-electron chi connectivity index (χ2n) is 3.50. The minimum Gasteiger partial charge on any atom is -0.469 e. The minimum atomic E-state index is -5.10. The molecule has 9 heteroatoms. The molecule has 106 valence electrons. The van der Waals surface area contributed by atoms with Crippen LogP contribution < -0.4 is 5.73 Å². The summed E-state index contributed by atoms with van der Waals surface area (Å²) in [5.74, 6) is -1.03. The smallest absolute Gasteiger partial charge is 0.418 e. The highest BCUT2D eigenvalue weighted by atomic mass is 19.4. The van der Waals surface area contributed by atoms with Gasteiger partial charge in [-0.05, 0) is 0 Å². The van der Waals surface area contributed by atoms with E-state index in [0.717, 1.165) is 7.11 Å². The zero-order valence-electron chi connectivity index (χ0n) is 9.59. The molecule has 0 aliphatic carbocycles. The average Bonchev–Trinajstić information content (AvgIpc) is 2.28. The van der Waals surface area contributed by atoms with Crippen molar-refractivity contribution in [2.45, 2.75) is 19.0 Å². The molecular formula is C10H9F5N2O2. The molecule has 1 aromatic heterocycles. The van der Waals surface area contributed by atoms with Crippen LogP contribution in [-0.4, -0.2) is 18.1 Å². The Morgan fingerprint density at radius 1 is 1.47 bits per heavy atom. The van der Waals surface area contributed by atoms with Crippen LogP contribution in [-0.2, 0) is 22.1 Å². The number of anilines is 1. The summed E-state index contributed by atoms with van der Waals surface area (Å²) in [6.07, 6.45) is -8.74. The Hall–Kier alpha value is -1.93. The van der Waals surface area contributed by atoms with Gasteiger partial charge in [0.1, 0.15) is 0 Å². The second kappa shape index (κ2) is 5.37. The number of hydrogen-bond acceptors (Lipinski definition) is 4. The molecular weight excluding hydrogens is 275 g/mol. The minimum absolute atomic E-state index is 0.662. The molecule has 0 spiro atoms. The molecule has 0 unspecified atom stereocenters. The van der Waals surface area contributed by atoms with E-state index in [4.69, 9.17) is 5.73 Å². The van der Waals surface area contributed by atoms with Crippen molar-refractivity contribution in [3.8, 4) is 0 Å². The van der Waals surface area contributed by atoms with Gasteiger partial charge in [0.25, 0.3) is 6.43 Å². The standard InChI is InChI=1S/C10H9F5N2O2/c1-19-6(18)2-5-8(10(13,14)15)7(9(11)12)4(16)3-17-5/h3,9H,2,16H2,1H3. The molecule has 0 bridgehead atoms. The largest absolute Gasteiger partial charge is 0.469 e. The van der Waals surface area contributed by atoms with Gasteiger partial charge in [0.15, 0.2) is 0 Å². The fourth-order valence-corrected chi connectivity index (χ4v) is 1.48. The number of carbonyl (C=O) groups is 1. The summed E-state index contributed by atoms with van der Waals surface area (Å²) in [4.78, 5) is 14.3. The predicted octanol–water partition coefficient (Wildman–Crippen LogP) is 2.34. The van der Waals surface area contributed by atoms with Gasteiger partial charge in [0, 0.05) is 0 Å². The van der Waals surface area contributed by atoms with Gasteiger partial charge < -0.3 is 10.5 Å². The van der Waals surface area contributed by atoms with Crippen LogP contribution >= 0.6 is 0 Å². The third-order valence-corrected chi connectivity index (χ3v) is 2.27. The van der Waals surface area contributed by atoms with Gasteiger partial charge >= 0.3 is 12.1 Å². The van der Waals surface area contributed by atoms with Crippen molar-refractivity contribution in [1.29, 1.82) is 0 Å². The van der Waals surface area contributed by atoms with Gasteiger partial charge in [-0.3, -0.25) is 9.78 Å². The molecule has 2 N–H and O–H groups in total. The van der Waals surface area contributed by atoms with Crippen molar-refractivity contribution in [1.82, 2.24) is 4.98 Å². The normalized spacial score (nSPS) is 11.7. The molecule has 1 heterocycles. The van der Waals surface area contributed by atoms with Crippen LogP contribution in [0.3, 0.4) is 0 Å². The van der Waals surface area contributed by atoms with Crippen LogP contribution in [0.15, 0.2) is 6.20 Å². The van der Waals surface area contributed by atoms with Crippen LogP contribution in [0.1, 0.15) is 23.2 Å². The zero-order valence-corrected chi connectivity index (χ0v) is 9.59. The molecule has 0 atom stereocenters. The van der Waals surface area contributed by atoms with Gasteiger partial charge in [-0.25, -0.2) is 8.78 Å². The van der Waals surface area contributed by atoms with Crippen LogP contribution in [0.5, 0.6) is 0 Å². The lowest BCUT2D eigenvalue weighted by Crippen LogP contribution is -2.19. The van der Waals surface area contributed by atoms with E-state index in [-0.39, 0.29) is 0 Å². The quantitative estimate of drug-likeness (QED) is 0.683. The second-order valence-corrected chi connectivity index (χ2v) is 3.50. The maximum absolute atomic E-state index is 12.8. The topological polar surface area (TPSA) is 65.2 Å². The van der Waals surface area contributed by atoms with Crippen molar-refractivity contribution in [3.63, 3.8) is 0 Å². The van der Waals surface area contributed by atoms with Gasteiger partial charge in [0.2, 0.25) is 0 Å². The van der Waals surface area contributed by atoms with E-state index in [2.05, 4.69) is 9.72 Å². The summed E-state index contributed by atoms with van der Waals surface area (Å²) in [5.41, 5.74) is 0.406. The van der Waals surface area contributed by atoms with Crippen LogP contribution in [0.2, 0.25) is 0 Å². The molecule has 1 aromatic rings. The average molecular weight is 284 g/mol. The number of nitrogens with zero attached hydrogens (tertiary/aromatic N) is 1. The number of hydrogen-bond donors (Lipinski definition) is 1. The Kier molecular flexibility index (Phi) is 4.28. The van der Waals surface area contributed by atoms with E-state index in [1.165, 1.54) is 0 Å². The number of nitrogens with two attached hydrogens (primary N) is 1. The Morgan fingerprint density at radius 2 is 2.05 bits per heavy atom. The number of aromatic nitrogens is 1. The summed E-state index contributed by atoms with van der Waals surface area (Å²) in [5, 5.41) is 0. The molecule has 0 fully saturated rings. The van der Waals surface area contributed by atoms with Crippen molar-refractivity contribution < 1.29 is 31.5 Å². The maximum atomic E-state index is 12.8. The molecule has 0 radical (unpaired) electrons. The number of ether oxygens (including phenoxy) is 1. The summed E-state index contributed by atoms with van der Waals surface area (Å²) >= 11 is 0. The number of carbonyl (C=O) groups excluding carboxylic acids is 1. The van der Waals surface area contributed by atoms with Gasteiger partial charge in [-0.1, -0.05) is 0 Å². The molecule has 0 saturated carbocycles. The van der Waals surface area contributed by atoms with E-state index in [9.17, 15) is 26.7 Å². The van der Waals surface area contributed by atoms with Crippen molar-refractivity contribution in [2.75, 3.05) is 12.8 Å². The monoisotopic (exact) mass is 284 g/mol. The van der Waals surface area contributed by atoms with E-state index in [1.807, 2.05) is 0 Å². The first-order valence-electron chi connectivity index (χ1n) is 4.87. The summed E-state index contributed by atoms with van der Waals surface area (Å²) in [7, 11) is 0.959. The molecule has 0 amide bonds. The first-order chi connectivity index (χ1) is 8.68. The third-order valence-electron chi connectivity index (χ3n) is 2.27. The molecule has 0 aliphatic heterocycles. The maximum Gasteiger partial charge on any atom is 0.418 e. The molecule has 0 saturated heterocycles. The van der Waals surface area contributed by atoms with E-state index in [1.54, 1.807) is 0 Å². The predicted molar refractivity (Wildman–Crippen MR) is 54.3 cm³/mol. The molecule has 0 aliphatic rings. The molecule has 1 rings (SSSR count). The first-order valence-corrected chi connectivity index (χ1v) is 4.87. The van der Waals surface area contributed by atoms with Crippen LogP contribution in [0.25, 0.3) is 0 Å². The Labute approximate surface area is 104 Å². The summed E-state index contributed by atoms with van der Waals surface area (Å²) < 4.78 is 68.0. The van der Waals surface area contributed by atoms with Gasteiger partial charge in [-0.15, -0.1) is 0 Å². The summed E-state index contributed by atoms with van der Waals surface area (Å²) in [6.45, 7) is 0. The number of methoxy groups -OCH3 is 1. The van der Waals surface area contributed by atoms with Crippen molar-refractivity contribution in [3.05, 3.63) is 23.0 Å². The number of alkyl halides is 5. The molecule has 0 aromatic carbocycles. The first kappa shape index (κ1) is 15.1. The highest BCUT2D eigenvalue weighted by Gasteiger charge is 2.40. The molecule has 19 heavy (non-hydrogen) atoms. The Morgan fingerprint density at radius 3 is 2.47 bits per heavy atom. The van der Waals surface area contributed by atoms with Gasteiger partial charge in [-0.2, -0.15) is 13.2 Å². The highest BCUT2D eigenvalue weighted by Crippen LogP contribution is 2.40. The lowest BCUT2D eigenvalue weighted by molar-refractivity contribution is -0.142. The Balaban J connectivity index is 3.48. The van der Waals surface area contributed by atoms with Crippen molar-refractivity contribution in [2.24, 2.45) is 0 Å². The van der Waals surface area contributed by atoms with E-state index in [0.29, 0.717) is 6.20 Å². The number of esters is 1. The number of pyridine rings is 1. The highest BCUT2D eigenvalue weighted by molar-refractivity contribution is 5.73. The SMILES string of the molecule is COC(=O)Cc1ncc(N)c(C(F)F)c1C(F)(F)F.